The Morgan fingerprint density at radius 1 is 0.933 bits per heavy atom. The zero-order chi connectivity index (χ0) is 32.7. The molecule has 1 heterocycles. The highest BCUT2D eigenvalue weighted by Crippen LogP contribution is 2.35. The minimum atomic E-state index is -4.81. The normalized spacial score (nSPS) is 16.4. The molecule has 4 aromatic rings. The molecule has 0 aliphatic carbocycles. The number of piperazine rings is 1. The number of ether oxygens (including phenoxy) is 1. The van der Waals surface area contributed by atoms with Crippen molar-refractivity contribution in [2.24, 2.45) is 0 Å². The van der Waals surface area contributed by atoms with Crippen LogP contribution < -0.4 is 15.1 Å². The Labute approximate surface area is 263 Å². The van der Waals surface area contributed by atoms with Crippen molar-refractivity contribution in [3.8, 4) is 11.5 Å². The van der Waals surface area contributed by atoms with E-state index in [1.165, 1.54) is 35.8 Å². The van der Waals surface area contributed by atoms with Crippen molar-refractivity contribution < 1.29 is 40.4 Å². The number of halogens is 3. The standard InChI is InChI=1S/C29H27ClF2N4O7S2/c1-34(2)25-7-3-6-22-21(25)5-4-8-27(22)45(41,42)35-13-14-36(26(17-35)29(37)33-38)44(39,40)20-15-23(31)28(24(32)16-20)43-19-11-9-18(30)10-12-19/h3-12,15-16,26,38H,13-14,17H2,1-2H3,(H,33,37)/t26-/m1/s1. The van der Waals surface area contributed by atoms with E-state index in [9.17, 15) is 26.8 Å². The summed E-state index contributed by atoms with van der Waals surface area (Å²) < 4.78 is 91.9. The van der Waals surface area contributed by atoms with Gasteiger partial charge in [-0.2, -0.15) is 8.61 Å². The van der Waals surface area contributed by atoms with Crippen molar-refractivity contribution in [1.82, 2.24) is 14.1 Å². The highest BCUT2D eigenvalue weighted by atomic mass is 35.5. The van der Waals surface area contributed by atoms with Crippen LogP contribution >= 0.6 is 11.6 Å². The van der Waals surface area contributed by atoms with Gasteiger partial charge in [-0.15, -0.1) is 0 Å². The van der Waals surface area contributed by atoms with Crippen molar-refractivity contribution in [2.45, 2.75) is 15.8 Å². The Kier molecular flexibility index (Phi) is 9.04. The molecule has 45 heavy (non-hydrogen) atoms. The number of nitrogens with zero attached hydrogens (tertiary/aromatic N) is 3. The molecule has 16 heteroatoms. The van der Waals surface area contributed by atoms with Gasteiger partial charge in [0.1, 0.15) is 11.8 Å². The number of nitrogens with one attached hydrogen (secondary N) is 1. The van der Waals surface area contributed by atoms with Crippen molar-refractivity contribution in [3.63, 3.8) is 0 Å². The average molecular weight is 681 g/mol. The molecule has 11 nitrogen and oxygen atoms in total. The second kappa shape index (κ2) is 12.5. The van der Waals surface area contributed by atoms with Crippen LogP contribution in [0.25, 0.3) is 10.8 Å². The van der Waals surface area contributed by atoms with Gasteiger partial charge < -0.3 is 9.64 Å². The first-order chi connectivity index (χ1) is 21.2. The first-order valence-electron chi connectivity index (χ1n) is 13.3. The zero-order valence-electron chi connectivity index (χ0n) is 23.8. The summed E-state index contributed by atoms with van der Waals surface area (Å²) in [6.45, 7) is -1.66. The highest BCUT2D eigenvalue weighted by Gasteiger charge is 2.44. The molecule has 0 spiro atoms. The molecular formula is C29H27ClF2N4O7S2. The lowest BCUT2D eigenvalue weighted by Crippen LogP contribution is -2.61. The lowest BCUT2D eigenvalue weighted by Gasteiger charge is -2.38. The molecule has 1 amide bonds. The maximum absolute atomic E-state index is 15.0. The lowest BCUT2D eigenvalue weighted by atomic mass is 10.1. The molecule has 1 atom stereocenters. The Bertz CT molecular complexity index is 1970. The monoisotopic (exact) mass is 680 g/mol. The quantitative estimate of drug-likeness (QED) is 0.209. The molecule has 1 fully saturated rings. The van der Waals surface area contributed by atoms with Crippen LogP contribution in [0, 0.1) is 11.6 Å². The zero-order valence-corrected chi connectivity index (χ0v) is 26.2. The molecule has 1 aliphatic rings. The van der Waals surface area contributed by atoms with Crippen molar-refractivity contribution in [3.05, 3.63) is 89.5 Å². The fraction of sp³-hybridized carbons (Fsp3) is 0.207. The Morgan fingerprint density at radius 2 is 1.56 bits per heavy atom. The molecular weight excluding hydrogens is 654 g/mol. The predicted octanol–water partition coefficient (Wildman–Crippen LogP) is 4.20. The summed E-state index contributed by atoms with van der Waals surface area (Å²) in [5.41, 5.74) is 2.13. The van der Waals surface area contributed by atoms with Crippen molar-refractivity contribution in [2.75, 3.05) is 38.6 Å². The molecule has 0 saturated carbocycles. The first-order valence-corrected chi connectivity index (χ1v) is 16.6. The van der Waals surface area contributed by atoms with Crippen LogP contribution in [0.2, 0.25) is 5.02 Å². The van der Waals surface area contributed by atoms with Gasteiger partial charge in [0.2, 0.25) is 20.0 Å². The summed E-state index contributed by atoms with van der Waals surface area (Å²) in [5.74, 6) is -4.77. The summed E-state index contributed by atoms with van der Waals surface area (Å²) in [4.78, 5) is 13.7. The van der Waals surface area contributed by atoms with E-state index in [0.717, 1.165) is 9.99 Å². The minimum absolute atomic E-state index is 0.0361. The number of carbonyl (C=O) groups is 1. The average Bonchev–Trinajstić information content (AvgIpc) is 3.02. The van der Waals surface area contributed by atoms with Crippen LogP contribution in [0.1, 0.15) is 0 Å². The van der Waals surface area contributed by atoms with E-state index in [-0.39, 0.29) is 10.6 Å². The van der Waals surface area contributed by atoms with Crippen LogP contribution in [0.4, 0.5) is 14.5 Å². The lowest BCUT2D eigenvalue weighted by molar-refractivity contribution is -0.134. The van der Waals surface area contributed by atoms with Gasteiger partial charge in [-0.1, -0.05) is 35.9 Å². The largest absolute Gasteiger partial charge is 0.451 e. The number of hydrogen-bond acceptors (Lipinski definition) is 8. The van der Waals surface area contributed by atoms with Gasteiger partial charge in [0.15, 0.2) is 17.4 Å². The van der Waals surface area contributed by atoms with Gasteiger partial charge in [-0.3, -0.25) is 10.0 Å². The molecule has 2 N–H and O–H groups in total. The first kappa shape index (κ1) is 32.5. The van der Waals surface area contributed by atoms with Crippen LogP contribution in [-0.4, -0.2) is 76.3 Å². The molecule has 1 saturated heterocycles. The second-order valence-corrected chi connectivity index (χ2v) is 14.5. The summed E-state index contributed by atoms with van der Waals surface area (Å²) in [6.07, 6.45) is 0. The number of sulfonamides is 2. The van der Waals surface area contributed by atoms with Crippen LogP contribution in [0.3, 0.4) is 0 Å². The smallest absolute Gasteiger partial charge is 0.263 e. The van der Waals surface area contributed by atoms with Gasteiger partial charge in [-0.25, -0.2) is 31.1 Å². The Hall–Kier alpha value is -3.86. The third kappa shape index (κ3) is 6.19. The van der Waals surface area contributed by atoms with Gasteiger partial charge >= 0.3 is 0 Å². The molecule has 238 valence electrons. The van der Waals surface area contributed by atoms with Gasteiger partial charge in [0.25, 0.3) is 5.91 Å². The van der Waals surface area contributed by atoms with E-state index >= 15 is 8.78 Å². The van der Waals surface area contributed by atoms with Crippen molar-refractivity contribution >= 4 is 54.0 Å². The molecule has 4 aromatic carbocycles. The highest BCUT2D eigenvalue weighted by molar-refractivity contribution is 7.89. The third-order valence-electron chi connectivity index (χ3n) is 7.28. The minimum Gasteiger partial charge on any atom is -0.451 e. The maximum atomic E-state index is 15.0. The van der Waals surface area contributed by atoms with E-state index in [2.05, 4.69) is 0 Å². The SMILES string of the molecule is CN(C)c1cccc2c(S(=O)(=O)N3CCN(S(=O)(=O)c4cc(F)c(Oc5ccc(Cl)cc5)c(F)c4)[C@@H](C(=O)NO)C3)cccc12. The van der Waals surface area contributed by atoms with Crippen molar-refractivity contribution in [1.29, 1.82) is 0 Å². The molecule has 0 bridgehead atoms. The number of hydroxylamine groups is 1. The number of anilines is 1. The second-order valence-electron chi connectivity index (χ2n) is 10.3. The summed E-state index contributed by atoms with van der Waals surface area (Å²) in [5, 5.41) is 10.8. The van der Waals surface area contributed by atoms with E-state index in [1.54, 1.807) is 24.3 Å². The molecule has 5 rings (SSSR count). The predicted molar refractivity (Wildman–Crippen MR) is 163 cm³/mol. The Morgan fingerprint density at radius 3 is 2.18 bits per heavy atom. The van der Waals surface area contributed by atoms with E-state index in [4.69, 9.17) is 16.3 Å². The molecule has 0 aromatic heterocycles. The third-order valence-corrected chi connectivity index (χ3v) is 11.3. The fourth-order valence-corrected chi connectivity index (χ4v) is 8.46. The van der Waals surface area contributed by atoms with Gasteiger partial charge in [0, 0.05) is 55.2 Å². The molecule has 0 radical (unpaired) electrons. The van der Waals surface area contributed by atoms with Gasteiger partial charge in [0.05, 0.1) is 9.79 Å². The topological polar surface area (TPSA) is 137 Å². The fourth-order valence-electron chi connectivity index (χ4n) is 5.09. The summed E-state index contributed by atoms with van der Waals surface area (Å²) in [7, 11) is -5.49. The van der Waals surface area contributed by atoms with E-state index in [1.807, 2.05) is 25.1 Å². The number of benzene rings is 4. The van der Waals surface area contributed by atoms with Crippen LogP contribution in [-0.2, 0) is 24.8 Å². The number of hydrogen-bond donors (Lipinski definition) is 2. The molecule has 0 unspecified atom stereocenters. The maximum Gasteiger partial charge on any atom is 0.263 e. The number of fused-ring (bicyclic) bond motifs is 1. The van der Waals surface area contributed by atoms with Crippen LogP contribution in [0.5, 0.6) is 11.5 Å². The van der Waals surface area contributed by atoms with E-state index in [0.29, 0.717) is 32.2 Å². The Balaban J connectivity index is 1.47. The number of carbonyl (C=O) groups excluding carboxylic acids is 1. The van der Waals surface area contributed by atoms with Crippen LogP contribution in [0.15, 0.2) is 82.6 Å². The number of amides is 1. The van der Waals surface area contributed by atoms with E-state index < -0.39 is 73.9 Å². The summed E-state index contributed by atoms with van der Waals surface area (Å²) >= 11 is 5.81. The molecule has 1 aliphatic heterocycles. The van der Waals surface area contributed by atoms with Gasteiger partial charge in [-0.05, 0) is 48.5 Å². The summed E-state index contributed by atoms with van der Waals surface area (Å²) in [6, 6.07) is 14.7. The number of rotatable bonds is 8.